The summed E-state index contributed by atoms with van der Waals surface area (Å²) in [5, 5.41) is 9.42. The van der Waals surface area contributed by atoms with Gasteiger partial charge in [-0.2, -0.15) is 0 Å². The summed E-state index contributed by atoms with van der Waals surface area (Å²) < 4.78 is 10.6. The Kier molecular flexibility index (Phi) is 3.73. The van der Waals surface area contributed by atoms with E-state index in [1.807, 2.05) is 0 Å². The van der Waals surface area contributed by atoms with Crippen molar-refractivity contribution in [1.29, 1.82) is 0 Å². The van der Waals surface area contributed by atoms with Crippen molar-refractivity contribution in [3.05, 3.63) is 0 Å². The third-order valence-electron chi connectivity index (χ3n) is 2.46. The first kappa shape index (κ1) is 12.5. The lowest BCUT2D eigenvalue weighted by molar-refractivity contribution is -0.223. The van der Waals surface area contributed by atoms with Gasteiger partial charge in [-0.15, -0.1) is 0 Å². The molecule has 1 aliphatic rings. The van der Waals surface area contributed by atoms with Crippen molar-refractivity contribution >= 4 is 5.97 Å². The Morgan fingerprint density at radius 3 is 2.47 bits per heavy atom. The lowest BCUT2D eigenvalue weighted by Crippen LogP contribution is -2.40. The van der Waals surface area contributed by atoms with Gasteiger partial charge in [0.15, 0.2) is 0 Å². The molecule has 0 bridgehead atoms. The molecular formula is C11H20O4. The Morgan fingerprint density at radius 1 is 1.40 bits per heavy atom. The van der Waals surface area contributed by atoms with Gasteiger partial charge >= 0.3 is 5.97 Å². The Labute approximate surface area is 90.6 Å². The first-order valence-electron chi connectivity index (χ1n) is 5.35. The standard InChI is InChI=1S/C11H20O4/c1-7-8(12)5-6-9(14-7)15-10(13)11(2,3)4/h7-9,12H,5-6H2,1-4H3/t7-,8+,9-/m1/s1. The van der Waals surface area contributed by atoms with Crippen LogP contribution in [0.5, 0.6) is 0 Å². The maximum absolute atomic E-state index is 11.6. The molecule has 0 aromatic rings. The first-order chi connectivity index (χ1) is 6.80. The fraction of sp³-hybridized carbons (Fsp3) is 0.909. The van der Waals surface area contributed by atoms with Gasteiger partial charge in [-0.3, -0.25) is 4.79 Å². The molecule has 0 radical (unpaired) electrons. The monoisotopic (exact) mass is 216 g/mol. The fourth-order valence-electron chi connectivity index (χ4n) is 1.32. The van der Waals surface area contributed by atoms with Gasteiger partial charge in [0.2, 0.25) is 6.29 Å². The lowest BCUT2D eigenvalue weighted by Gasteiger charge is -2.32. The molecule has 0 amide bonds. The highest BCUT2D eigenvalue weighted by atomic mass is 16.7. The summed E-state index contributed by atoms with van der Waals surface area (Å²) in [6.07, 6.45) is -0.0439. The van der Waals surface area contributed by atoms with Crippen LogP contribution in [-0.4, -0.2) is 29.6 Å². The van der Waals surface area contributed by atoms with Gasteiger partial charge in [0.25, 0.3) is 0 Å². The Hall–Kier alpha value is -0.610. The smallest absolute Gasteiger partial charge is 0.313 e. The van der Waals surface area contributed by atoms with Gasteiger partial charge in [-0.25, -0.2) is 0 Å². The van der Waals surface area contributed by atoms with Gasteiger partial charge in [0.05, 0.1) is 17.6 Å². The molecule has 0 unspecified atom stereocenters. The zero-order chi connectivity index (χ0) is 11.6. The third-order valence-corrected chi connectivity index (χ3v) is 2.46. The van der Waals surface area contributed by atoms with Crippen molar-refractivity contribution in [2.75, 3.05) is 0 Å². The van der Waals surface area contributed by atoms with E-state index in [0.717, 1.165) is 0 Å². The summed E-state index contributed by atoms with van der Waals surface area (Å²) in [6, 6.07) is 0. The Morgan fingerprint density at radius 2 is 2.00 bits per heavy atom. The molecule has 1 heterocycles. The summed E-state index contributed by atoms with van der Waals surface area (Å²) in [5.74, 6) is -0.268. The predicted octanol–water partition coefficient (Wildman–Crippen LogP) is 1.46. The largest absolute Gasteiger partial charge is 0.435 e. The number of esters is 1. The minimum Gasteiger partial charge on any atom is -0.435 e. The minimum atomic E-state index is -0.511. The zero-order valence-electron chi connectivity index (χ0n) is 9.82. The molecule has 0 aliphatic carbocycles. The van der Waals surface area contributed by atoms with Crippen LogP contribution in [0.25, 0.3) is 0 Å². The van der Waals surface area contributed by atoms with E-state index in [9.17, 15) is 9.90 Å². The highest BCUT2D eigenvalue weighted by Crippen LogP contribution is 2.23. The molecule has 3 atom stereocenters. The summed E-state index contributed by atoms with van der Waals surface area (Å²) in [5.41, 5.74) is -0.511. The summed E-state index contributed by atoms with van der Waals surface area (Å²) in [4.78, 5) is 11.6. The number of rotatable bonds is 1. The van der Waals surface area contributed by atoms with Crippen LogP contribution in [0.4, 0.5) is 0 Å². The van der Waals surface area contributed by atoms with Gasteiger partial charge in [0.1, 0.15) is 0 Å². The van der Waals surface area contributed by atoms with Crippen molar-refractivity contribution in [3.63, 3.8) is 0 Å². The average molecular weight is 216 g/mol. The molecule has 1 fully saturated rings. The zero-order valence-corrected chi connectivity index (χ0v) is 9.82. The van der Waals surface area contributed by atoms with E-state index in [2.05, 4.69) is 0 Å². The SMILES string of the molecule is C[C@H]1O[C@H](OC(=O)C(C)(C)C)CC[C@@H]1O. The minimum absolute atomic E-state index is 0.267. The molecule has 15 heavy (non-hydrogen) atoms. The highest BCUT2D eigenvalue weighted by molar-refractivity contribution is 5.75. The fourth-order valence-corrected chi connectivity index (χ4v) is 1.32. The molecule has 1 rings (SSSR count). The van der Waals surface area contributed by atoms with Crippen molar-refractivity contribution in [2.45, 2.75) is 59.0 Å². The molecule has 1 N–H and O–H groups in total. The van der Waals surface area contributed by atoms with Gasteiger partial charge in [-0.1, -0.05) is 0 Å². The number of hydrogen-bond donors (Lipinski definition) is 1. The molecule has 88 valence electrons. The highest BCUT2D eigenvalue weighted by Gasteiger charge is 2.32. The van der Waals surface area contributed by atoms with Crippen LogP contribution < -0.4 is 0 Å². The van der Waals surface area contributed by atoms with E-state index in [4.69, 9.17) is 9.47 Å². The van der Waals surface area contributed by atoms with Gasteiger partial charge in [0, 0.05) is 6.42 Å². The Bertz CT molecular complexity index is 231. The summed E-state index contributed by atoms with van der Waals surface area (Å²) >= 11 is 0. The summed E-state index contributed by atoms with van der Waals surface area (Å²) in [7, 11) is 0. The van der Waals surface area contributed by atoms with E-state index >= 15 is 0 Å². The van der Waals surface area contributed by atoms with E-state index in [-0.39, 0.29) is 12.1 Å². The second-order valence-electron chi connectivity index (χ2n) is 5.07. The van der Waals surface area contributed by atoms with Crippen LogP contribution in [0.1, 0.15) is 40.5 Å². The first-order valence-corrected chi connectivity index (χ1v) is 5.35. The van der Waals surface area contributed by atoms with Crippen molar-refractivity contribution in [1.82, 2.24) is 0 Å². The number of carbonyl (C=O) groups excluding carboxylic acids is 1. The molecular weight excluding hydrogens is 196 g/mol. The maximum atomic E-state index is 11.6. The van der Waals surface area contributed by atoms with Crippen LogP contribution in [-0.2, 0) is 14.3 Å². The molecule has 4 nitrogen and oxygen atoms in total. The quantitative estimate of drug-likeness (QED) is 0.674. The van der Waals surface area contributed by atoms with Gasteiger partial charge in [-0.05, 0) is 34.1 Å². The van der Waals surface area contributed by atoms with Crippen LogP contribution >= 0.6 is 0 Å². The lowest BCUT2D eigenvalue weighted by atomic mass is 9.97. The van der Waals surface area contributed by atoms with Gasteiger partial charge < -0.3 is 14.6 Å². The molecule has 0 saturated carbocycles. The molecule has 1 aliphatic heterocycles. The second kappa shape index (κ2) is 4.49. The van der Waals surface area contributed by atoms with Crippen LogP contribution in [0, 0.1) is 5.41 Å². The molecule has 1 saturated heterocycles. The van der Waals surface area contributed by atoms with E-state index in [1.165, 1.54) is 0 Å². The number of aliphatic hydroxyl groups is 1. The Balaban J connectivity index is 2.44. The number of hydrogen-bond acceptors (Lipinski definition) is 4. The van der Waals surface area contributed by atoms with E-state index in [1.54, 1.807) is 27.7 Å². The van der Waals surface area contributed by atoms with Crippen LogP contribution in [0.3, 0.4) is 0 Å². The molecule has 4 heteroatoms. The topological polar surface area (TPSA) is 55.8 Å². The molecule has 0 aromatic heterocycles. The predicted molar refractivity (Wildman–Crippen MR) is 55.1 cm³/mol. The second-order valence-corrected chi connectivity index (χ2v) is 5.07. The van der Waals surface area contributed by atoms with E-state index < -0.39 is 17.8 Å². The van der Waals surface area contributed by atoms with Crippen LogP contribution in [0.2, 0.25) is 0 Å². The average Bonchev–Trinajstić information content (AvgIpc) is 2.10. The number of carbonyl (C=O) groups is 1. The normalized spacial score (nSPS) is 32.5. The number of aliphatic hydroxyl groups excluding tert-OH is 1. The van der Waals surface area contributed by atoms with Crippen molar-refractivity contribution in [2.24, 2.45) is 5.41 Å². The maximum Gasteiger partial charge on any atom is 0.313 e. The van der Waals surface area contributed by atoms with Crippen molar-refractivity contribution < 1.29 is 19.4 Å². The molecule has 0 spiro atoms. The third kappa shape index (κ3) is 3.47. The molecule has 0 aromatic carbocycles. The summed E-state index contributed by atoms with van der Waals surface area (Å²) in [6.45, 7) is 7.19. The van der Waals surface area contributed by atoms with Crippen LogP contribution in [0.15, 0.2) is 0 Å². The number of ether oxygens (including phenoxy) is 2. The van der Waals surface area contributed by atoms with Crippen molar-refractivity contribution in [3.8, 4) is 0 Å². The van der Waals surface area contributed by atoms with E-state index in [0.29, 0.717) is 12.8 Å².